The Bertz CT molecular complexity index is 377. The van der Waals surface area contributed by atoms with Crippen molar-refractivity contribution in [2.75, 3.05) is 26.8 Å². The number of hydrogen-bond acceptors (Lipinski definition) is 5. The van der Waals surface area contributed by atoms with Crippen molar-refractivity contribution in [3.05, 3.63) is 16.1 Å². The first-order valence-corrected chi connectivity index (χ1v) is 6.98. The first kappa shape index (κ1) is 21.9. The highest BCUT2D eigenvalue weighted by atomic mass is 35.5. The van der Waals surface area contributed by atoms with E-state index in [-0.39, 0.29) is 36.8 Å². The molecule has 0 aliphatic carbocycles. The topological polar surface area (TPSA) is 63.2 Å². The molecule has 1 aromatic heterocycles. The molecule has 0 spiro atoms. The number of hydrogen-bond donors (Lipinski definition) is 2. The number of halogens is 2. The van der Waals surface area contributed by atoms with Gasteiger partial charge in [-0.15, -0.1) is 36.2 Å². The molecule has 0 aliphatic rings. The Hall–Kier alpha value is -0.400. The molecule has 0 aromatic carbocycles. The van der Waals surface area contributed by atoms with E-state index in [0.717, 1.165) is 17.1 Å². The Morgan fingerprint density at radius 2 is 2.20 bits per heavy atom. The fourth-order valence-electron chi connectivity index (χ4n) is 1.43. The summed E-state index contributed by atoms with van der Waals surface area (Å²) in [5.74, 6) is -0.0235. The van der Waals surface area contributed by atoms with Crippen LogP contribution < -0.4 is 10.6 Å². The van der Waals surface area contributed by atoms with Crippen LogP contribution in [0.5, 0.6) is 0 Å². The van der Waals surface area contributed by atoms with Gasteiger partial charge in [-0.1, -0.05) is 6.92 Å². The number of carbonyl (C=O) groups is 1. The highest BCUT2D eigenvalue weighted by molar-refractivity contribution is 7.09. The van der Waals surface area contributed by atoms with Crippen LogP contribution in [0.4, 0.5) is 0 Å². The van der Waals surface area contributed by atoms with Crippen LogP contribution >= 0.6 is 36.2 Å². The summed E-state index contributed by atoms with van der Waals surface area (Å²) in [6.45, 7) is 5.61. The van der Waals surface area contributed by atoms with Gasteiger partial charge in [0.2, 0.25) is 5.91 Å². The maximum atomic E-state index is 11.6. The molecule has 1 unspecified atom stereocenters. The minimum atomic E-state index is -0.0433. The van der Waals surface area contributed by atoms with Crippen LogP contribution in [0.15, 0.2) is 5.38 Å². The van der Waals surface area contributed by atoms with Crippen molar-refractivity contribution in [1.29, 1.82) is 0 Å². The minimum Gasteiger partial charge on any atom is -0.383 e. The lowest BCUT2D eigenvalue weighted by atomic mass is 10.2. The van der Waals surface area contributed by atoms with Crippen LogP contribution in [0.2, 0.25) is 0 Å². The lowest BCUT2D eigenvalue weighted by Gasteiger charge is -2.12. The summed E-state index contributed by atoms with van der Waals surface area (Å²) in [4.78, 5) is 16.1. The van der Waals surface area contributed by atoms with Crippen molar-refractivity contribution in [3.8, 4) is 0 Å². The predicted molar refractivity (Wildman–Crippen MR) is 87.3 cm³/mol. The van der Waals surface area contributed by atoms with E-state index in [9.17, 15) is 4.79 Å². The zero-order valence-electron chi connectivity index (χ0n) is 12.0. The maximum Gasteiger partial charge on any atom is 0.234 e. The summed E-state index contributed by atoms with van der Waals surface area (Å²) in [6.07, 6.45) is 0.934. The fourth-order valence-corrected chi connectivity index (χ4v) is 2.27. The Labute approximate surface area is 136 Å². The summed E-state index contributed by atoms with van der Waals surface area (Å²) >= 11 is 1.63. The SMILES string of the molecule is CCc1nc(C(C)NC(=O)CNCCOC)cs1.Cl.Cl. The van der Waals surface area contributed by atoms with E-state index < -0.39 is 0 Å². The fraction of sp³-hybridized carbons (Fsp3) is 0.667. The predicted octanol–water partition coefficient (Wildman–Crippen LogP) is 1.96. The van der Waals surface area contributed by atoms with Crippen molar-refractivity contribution in [1.82, 2.24) is 15.6 Å². The van der Waals surface area contributed by atoms with Gasteiger partial charge in [0.1, 0.15) is 0 Å². The number of amides is 1. The number of carbonyl (C=O) groups excluding carboxylic acids is 1. The normalized spacial score (nSPS) is 11.2. The molecule has 118 valence electrons. The van der Waals surface area contributed by atoms with E-state index in [1.54, 1.807) is 18.4 Å². The van der Waals surface area contributed by atoms with Gasteiger partial charge in [-0.25, -0.2) is 4.98 Å². The van der Waals surface area contributed by atoms with Crippen LogP contribution in [0.3, 0.4) is 0 Å². The monoisotopic (exact) mass is 343 g/mol. The lowest BCUT2D eigenvalue weighted by Crippen LogP contribution is -2.36. The maximum absolute atomic E-state index is 11.6. The molecule has 2 N–H and O–H groups in total. The Kier molecular flexibility index (Phi) is 13.5. The molecule has 5 nitrogen and oxygen atoms in total. The third-order valence-electron chi connectivity index (χ3n) is 2.46. The summed E-state index contributed by atoms with van der Waals surface area (Å²) in [5, 5.41) is 9.02. The number of aryl methyl sites for hydroxylation is 1. The van der Waals surface area contributed by atoms with E-state index >= 15 is 0 Å². The van der Waals surface area contributed by atoms with Crippen LogP contribution in [0.25, 0.3) is 0 Å². The second-order valence-corrected chi connectivity index (χ2v) is 4.92. The number of nitrogens with zero attached hydrogens (tertiary/aromatic N) is 1. The molecule has 0 radical (unpaired) electrons. The number of rotatable bonds is 8. The van der Waals surface area contributed by atoms with Crippen molar-refractivity contribution in [3.63, 3.8) is 0 Å². The lowest BCUT2D eigenvalue weighted by molar-refractivity contribution is -0.120. The Morgan fingerprint density at radius 3 is 2.75 bits per heavy atom. The molecule has 8 heteroatoms. The molecule has 0 aliphatic heterocycles. The molecule has 0 fully saturated rings. The van der Waals surface area contributed by atoms with Gasteiger partial charge in [0.25, 0.3) is 0 Å². The highest BCUT2D eigenvalue weighted by Crippen LogP contribution is 2.16. The molecule has 0 bridgehead atoms. The quantitative estimate of drug-likeness (QED) is 0.708. The molecule has 1 amide bonds. The zero-order chi connectivity index (χ0) is 13.4. The zero-order valence-corrected chi connectivity index (χ0v) is 14.4. The van der Waals surface area contributed by atoms with Crippen LogP contribution in [0, 0.1) is 0 Å². The molecule has 20 heavy (non-hydrogen) atoms. The van der Waals surface area contributed by atoms with Gasteiger partial charge in [-0.05, 0) is 13.3 Å². The minimum absolute atomic E-state index is 0. The van der Waals surface area contributed by atoms with Gasteiger partial charge in [0.05, 0.1) is 29.9 Å². The largest absolute Gasteiger partial charge is 0.383 e. The second-order valence-electron chi connectivity index (χ2n) is 3.98. The van der Waals surface area contributed by atoms with Crippen LogP contribution in [0.1, 0.15) is 30.6 Å². The van der Waals surface area contributed by atoms with Crippen molar-refractivity contribution < 1.29 is 9.53 Å². The number of ether oxygens (including phenoxy) is 1. The van der Waals surface area contributed by atoms with E-state index in [0.29, 0.717) is 19.7 Å². The Morgan fingerprint density at radius 1 is 1.50 bits per heavy atom. The number of methoxy groups -OCH3 is 1. The summed E-state index contributed by atoms with van der Waals surface area (Å²) in [5.41, 5.74) is 0.932. The third kappa shape index (κ3) is 8.01. The van der Waals surface area contributed by atoms with E-state index in [1.807, 2.05) is 12.3 Å². The molecule has 1 rings (SSSR count). The van der Waals surface area contributed by atoms with Gasteiger partial charge in [0.15, 0.2) is 0 Å². The average molecular weight is 344 g/mol. The summed E-state index contributed by atoms with van der Waals surface area (Å²) in [7, 11) is 1.64. The molecular formula is C12H23Cl2N3O2S. The molecule has 0 saturated carbocycles. The van der Waals surface area contributed by atoms with Crippen LogP contribution in [-0.2, 0) is 16.0 Å². The molecule has 1 heterocycles. The van der Waals surface area contributed by atoms with Crippen molar-refractivity contribution in [2.24, 2.45) is 0 Å². The van der Waals surface area contributed by atoms with E-state index in [4.69, 9.17) is 4.74 Å². The molecular weight excluding hydrogens is 321 g/mol. The highest BCUT2D eigenvalue weighted by Gasteiger charge is 2.12. The van der Waals surface area contributed by atoms with Gasteiger partial charge in [-0.2, -0.15) is 0 Å². The molecule has 1 aromatic rings. The first-order valence-electron chi connectivity index (χ1n) is 6.10. The number of thiazole rings is 1. The standard InChI is InChI=1S/C12H21N3O2S.2ClH/c1-4-12-15-10(8-18-12)9(2)14-11(16)7-13-5-6-17-3;;/h8-9,13H,4-7H2,1-3H3,(H,14,16);2*1H. The second kappa shape index (κ2) is 12.3. The van der Waals surface area contributed by atoms with Gasteiger partial charge < -0.3 is 15.4 Å². The average Bonchev–Trinajstić information content (AvgIpc) is 2.83. The Balaban J connectivity index is 0. The van der Waals surface area contributed by atoms with Gasteiger partial charge in [0, 0.05) is 19.0 Å². The summed E-state index contributed by atoms with van der Waals surface area (Å²) < 4.78 is 4.89. The number of aromatic nitrogens is 1. The summed E-state index contributed by atoms with van der Waals surface area (Å²) in [6, 6.07) is -0.0433. The van der Waals surface area contributed by atoms with Crippen LogP contribution in [-0.4, -0.2) is 37.7 Å². The molecule has 0 saturated heterocycles. The van der Waals surface area contributed by atoms with Gasteiger partial charge >= 0.3 is 0 Å². The van der Waals surface area contributed by atoms with Crippen molar-refractivity contribution >= 4 is 42.1 Å². The smallest absolute Gasteiger partial charge is 0.234 e. The number of nitrogens with one attached hydrogen (secondary N) is 2. The third-order valence-corrected chi connectivity index (χ3v) is 3.47. The molecule has 1 atom stereocenters. The van der Waals surface area contributed by atoms with Crippen molar-refractivity contribution in [2.45, 2.75) is 26.3 Å². The van der Waals surface area contributed by atoms with E-state index in [2.05, 4.69) is 22.5 Å². The van der Waals surface area contributed by atoms with Gasteiger partial charge in [-0.3, -0.25) is 4.79 Å². The first-order chi connectivity index (χ1) is 8.67. The van der Waals surface area contributed by atoms with E-state index in [1.165, 1.54) is 0 Å².